The number of amides is 1. The number of aliphatic carboxylic acids is 2. The van der Waals surface area contributed by atoms with Gasteiger partial charge in [0, 0.05) is 13.3 Å². The molecule has 85 heavy (non-hydrogen) atoms. The highest BCUT2D eigenvalue weighted by molar-refractivity contribution is 14.1. The van der Waals surface area contributed by atoms with Gasteiger partial charge in [-0.3, -0.25) is 9.59 Å². The van der Waals surface area contributed by atoms with E-state index in [-0.39, 0.29) is 35.9 Å². The number of phenolic OH excluding ortho intramolecular Hbond substituents is 2. The summed E-state index contributed by atoms with van der Waals surface area (Å²) in [6.07, 6.45) is -2.54. The number of ether oxygens (including phenoxy) is 7. The zero-order chi connectivity index (χ0) is 66.3. The van der Waals surface area contributed by atoms with Crippen LogP contribution < -0.4 is 20.5 Å². The number of carboxylic acids is 2. The quantitative estimate of drug-likeness (QED) is 0.0296. The van der Waals surface area contributed by atoms with E-state index in [0.29, 0.717) is 37.3 Å². The third kappa shape index (κ3) is 36.6. The van der Waals surface area contributed by atoms with Gasteiger partial charge in [-0.15, -0.1) is 0 Å². The number of nitrogens with zero attached hydrogens (tertiary/aromatic N) is 1. The Hall–Kier alpha value is -1.74. The van der Waals surface area contributed by atoms with Crippen molar-refractivity contribution in [2.45, 2.75) is 158 Å². The normalized spacial score (nSPS) is 11.8. The number of rotatable bonds is 14. The Morgan fingerprint density at radius 3 is 1.04 bits per heavy atom. The van der Waals surface area contributed by atoms with Gasteiger partial charge >= 0.3 is 36.3 Å². The minimum absolute atomic E-state index is 0.0931. The van der Waals surface area contributed by atoms with Gasteiger partial charge in [-0.2, -0.15) is 0 Å². The lowest BCUT2D eigenvalue weighted by Gasteiger charge is -2.22. The lowest BCUT2D eigenvalue weighted by atomic mass is 10.1. The largest absolute Gasteiger partial charge is 0.519 e. The predicted octanol–water partition coefficient (Wildman–Crippen LogP) is 16.2. The first kappa shape index (κ1) is 83.3. The molecule has 0 fully saturated rings. The van der Waals surface area contributed by atoms with Crippen LogP contribution in [0, 0.1) is 28.6 Å². The first-order valence-electron chi connectivity index (χ1n) is 25.7. The summed E-state index contributed by atoms with van der Waals surface area (Å²) in [4.78, 5) is 69.2. The number of hydrogen-bond acceptors (Lipinski definition) is 17. The average Bonchev–Trinajstić information content (AvgIpc) is 3.40. The highest BCUT2D eigenvalue weighted by Crippen LogP contribution is 2.39. The molecule has 1 amide bonds. The molecule has 0 aliphatic rings. The Kier molecular flexibility index (Phi) is 38.0. The fraction of sp³-hybridized carbons (Fsp3) is 0.474. The van der Waals surface area contributed by atoms with E-state index in [1.807, 2.05) is 90.2 Å². The Morgan fingerprint density at radius 1 is 0.494 bits per heavy atom. The van der Waals surface area contributed by atoms with Crippen molar-refractivity contribution < 1.29 is 82.4 Å². The van der Waals surface area contributed by atoms with Crippen molar-refractivity contribution in [3.05, 3.63) is 88.2 Å². The number of aromatic hydroxyl groups is 2. The summed E-state index contributed by atoms with van der Waals surface area (Å²) in [5.41, 5.74) is 4.74. The summed E-state index contributed by atoms with van der Waals surface area (Å²) in [6.45, 7) is 32.2. The van der Waals surface area contributed by atoms with E-state index >= 15 is 0 Å². The first-order chi connectivity index (χ1) is 38.7. The van der Waals surface area contributed by atoms with E-state index in [1.165, 1.54) is 26.6 Å². The van der Waals surface area contributed by atoms with Crippen LogP contribution in [-0.4, -0.2) is 116 Å². The second-order valence-corrected chi connectivity index (χ2v) is 31.0. The Morgan fingerprint density at radius 2 is 0.800 bits per heavy atom. The van der Waals surface area contributed by atoms with E-state index in [2.05, 4.69) is 171 Å². The molecule has 4 aromatic carbocycles. The molecule has 2 atom stereocenters. The standard InChI is InChI=1S/C20H19I4NO6.C15H11I4NO4.C10H18O5.C6H15N.C6H12O2/c1-20(2,3)31-19(29)25-15(18(27)28)6-9-4-13(23)17(14(24)5-9)30-10-7-11(21)16(26)12(22)8-10;16-8-4-7(5-9(17)13(8)21)24-14-10(18)1-6(2-11(14)19)3-12(20)15(22)23;1-9(2,3)14-7(11)13-8(12)15-10(4,5)6;1-4-7(5-2)6-3;1-5(7)8-6(2,3)4/h4-5,7-8,15,26H,6H2,1-3H3,(H,25,29)(H,27,28);1-2,4-5,12,21H,3,20H2,(H,22,23);1-6H3;4-6H2,1-3H3;1-4H3. The summed E-state index contributed by atoms with van der Waals surface area (Å²) in [5, 5.41) is 40.6. The lowest BCUT2D eigenvalue weighted by molar-refractivity contribution is -0.152. The second kappa shape index (κ2) is 38.8. The van der Waals surface area contributed by atoms with Gasteiger partial charge in [0.2, 0.25) is 0 Å². The van der Waals surface area contributed by atoms with Gasteiger partial charge in [0.1, 0.15) is 57.5 Å². The molecule has 7 N–H and O–H groups in total. The molecule has 28 heteroatoms. The fourth-order valence-corrected chi connectivity index (χ4v) is 13.7. The molecule has 4 aromatic rings. The maximum atomic E-state index is 12.0. The molecule has 476 valence electrons. The number of alkyl carbamates (subject to hydrolysis) is 1. The summed E-state index contributed by atoms with van der Waals surface area (Å²) in [6, 6.07) is 12.3. The van der Waals surface area contributed by atoms with Gasteiger partial charge in [-0.25, -0.2) is 19.2 Å². The Bertz CT molecular complexity index is 2780. The summed E-state index contributed by atoms with van der Waals surface area (Å²) in [5.74, 6) is 0.611. The third-order valence-corrected chi connectivity index (χ3v) is 16.0. The van der Waals surface area contributed by atoms with Gasteiger partial charge in [0.05, 0.1) is 28.6 Å². The SMILES string of the molecule is CC(=O)OC(C)(C)C.CC(C)(C)OC(=O)NC(Cc1cc(I)c(Oc2cc(I)c(O)c(I)c2)c(I)c1)C(=O)O.CC(C)(C)OC(=O)OC(=O)OC(C)(C)C.CCN(CC)CC.NC(Cc1cc(I)c(Oc2cc(I)c(O)c(I)c2)c(I)c1)C(=O)O. The molecule has 20 nitrogen and oxygen atoms in total. The van der Waals surface area contributed by atoms with Crippen molar-refractivity contribution in [1.29, 1.82) is 0 Å². The number of carbonyl (C=O) groups excluding carboxylic acids is 4. The van der Waals surface area contributed by atoms with Crippen molar-refractivity contribution >= 4 is 217 Å². The average molecular weight is 2090 g/mol. The van der Waals surface area contributed by atoms with E-state index in [0.717, 1.165) is 25.4 Å². The number of nitrogens with one attached hydrogen (secondary N) is 1. The van der Waals surface area contributed by atoms with Gasteiger partial charge < -0.3 is 69.5 Å². The molecule has 0 heterocycles. The first-order valence-corrected chi connectivity index (χ1v) is 34.3. The molecule has 0 bridgehead atoms. The summed E-state index contributed by atoms with van der Waals surface area (Å²) >= 11 is 16.7. The van der Waals surface area contributed by atoms with Crippen molar-refractivity contribution in [3.8, 4) is 34.5 Å². The summed E-state index contributed by atoms with van der Waals surface area (Å²) < 4.78 is 41.9. The Labute approximate surface area is 607 Å². The van der Waals surface area contributed by atoms with Crippen LogP contribution in [0.1, 0.15) is 122 Å². The van der Waals surface area contributed by atoms with E-state index < -0.39 is 59.2 Å². The molecular weight excluding hydrogens is 2010 g/mol. The fourth-order valence-electron chi connectivity index (χ4n) is 6.03. The second-order valence-electron chi connectivity index (χ2n) is 21.7. The predicted molar refractivity (Wildman–Crippen MR) is 393 cm³/mol. The number of carbonyl (C=O) groups is 6. The maximum Gasteiger partial charge on any atom is 0.519 e. The monoisotopic (exact) mass is 2090 g/mol. The zero-order valence-electron chi connectivity index (χ0n) is 50.0. The van der Waals surface area contributed by atoms with Crippen LogP contribution >= 0.6 is 181 Å². The molecule has 2 unspecified atom stereocenters. The molecule has 0 saturated carbocycles. The highest BCUT2D eigenvalue weighted by atomic mass is 127. The minimum atomic E-state index is -1.15. The summed E-state index contributed by atoms with van der Waals surface area (Å²) in [7, 11) is 0. The van der Waals surface area contributed by atoms with Crippen LogP contribution in [0.4, 0.5) is 14.4 Å². The zero-order valence-corrected chi connectivity index (χ0v) is 67.2. The van der Waals surface area contributed by atoms with Crippen molar-refractivity contribution in [1.82, 2.24) is 10.2 Å². The third-order valence-electron chi connectivity index (χ3n) is 9.48. The lowest BCUT2D eigenvalue weighted by Crippen LogP contribution is -2.44. The molecule has 0 aliphatic carbocycles. The van der Waals surface area contributed by atoms with E-state index in [9.17, 15) is 44.1 Å². The molecule has 0 saturated heterocycles. The Balaban J connectivity index is 0.00000115. The van der Waals surface area contributed by atoms with Crippen LogP contribution in [0.15, 0.2) is 48.5 Å². The maximum absolute atomic E-state index is 12.0. The van der Waals surface area contributed by atoms with Gasteiger partial charge in [-0.05, 0) is 350 Å². The molecular formula is C57H75I8N3O17. The number of phenols is 2. The number of halogens is 8. The van der Waals surface area contributed by atoms with Gasteiger partial charge in [0.25, 0.3) is 0 Å². The number of esters is 1. The smallest absolute Gasteiger partial charge is 0.506 e. The van der Waals surface area contributed by atoms with Crippen molar-refractivity contribution in [2.75, 3.05) is 19.6 Å². The highest BCUT2D eigenvalue weighted by Gasteiger charge is 2.27. The number of carboxylic acid groups (broad SMARTS) is 2. The number of hydrogen-bond donors (Lipinski definition) is 6. The van der Waals surface area contributed by atoms with Crippen LogP contribution in [-0.2, 0) is 50.9 Å². The minimum Gasteiger partial charge on any atom is -0.506 e. The van der Waals surface area contributed by atoms with Crippen LogP contribution in [0.2, 0.25) is 0 Å². The van der Waals surface area contributed by atoms with Crippen LogP contribution in [0.3, 0.4) is 0 Å². The van der Waals surface area contributed by atoms with Crippen LogP contribution in [0.25, 0.3) is 0 Å². The van der Waals surface area contributed by atoms with Crippen molar-refractivity contribution in [2.24, 2.45) is 5.73 Å². The van der Waals surface area contributed by atoms with Crippen LogP contribution in [0.5, 0.6) is 34.5 Å². The topological polar surface area (TPSA) is 289 Å². The molecule has 0 spiro atoms. The molecule has 0 aromatic heterocycles. The number of nitrogens with two attached hydrogens (primary N) is 1. The molecule has 0 radical (unpaired) electrons. The van der Waals surface area contributed by atoms with Gasteiger partial charge in [-0.1, -0.05) is 20.8 Å². The van der Waals surface area contributed by atoms with E-state index in [1.54, 1.807) is 86.6 Å². The van der Waals surface area contributed by atoms with Crippen molar-refractivity contribution in [3.63, 3.8) is 0 Å². The molecule has 4 rings (SSSR count). The number of benzene rings is 4. The molecule has 0 aliphatic heterocycles. The van der Waals surface area contributed by atoms with E-state index in [4.69, 9.17) is 39.3 Å². The van der Waals surface area contributed by atoms with Gasteiger partial charge in [0.15, 0.2) is 11.5 Å².